The van der Waals surface area contributed by atoms with E-state index in [0.717, 1.165) is 10.9 Å². The summed E-state index contributed by atoms with van der Waals surface area (Å²) in [5, 5.41) is 0. The zero-order valence-electron chi connectivity index (χ0n) is 9.80. The van der Waals surface area contributed by atoms with Gasteiger partial charge in [-0.05, 0) is 23.8 Å². The zero-order chi connectivity index (χ0) is 12.8. The van der Waals surface area contributed by atoms with Gasteiger partial charge in [0.1, 0.15) is 0 Å². The van der Waals surface area contributed by atoms with Gasteiger partial charge in [0, 0.05) is 10.9 Å². The lowest BCUT2D eigenvalue weighted by Crippen LogP contribution is -2.08. The van der Waals surface area contributed by atoms with E-state index < -0.39 is 0 Å². The number of rotatable bonds is 4. The topological polar surface area (TPSA) is 26.3 Å². The molecule has 0 bridgehead atoms. The Morgan fingerprint density at radius 3 is 2.56 bits per heavy atom. The third-order valence-corrected chi connectivity index (χ3v) is 3.02. The van der Waals surface area contributed by atoms with Crippen LogP contribution in [0, 0.1) is 0 Å². The Morgan fingerprint density at radius 2 is 1.83 bits per heavy atom. The van der Waals surface area contributed by atoms with Crippen LogP contribution in [0.5, 0.6) is 0 Å². The van der Waals surface area contributed by atoms with Crippen LogP contribution in [0.2, 0.25) is 0 Å². The van der Waals surface area contributed by atoms with Gasteiger partial charge < -0.3 is 4.74 Å². The Balaban J connectivity index is 1.86. The van der Waals surface area contributed by atoms with Crippen molar-refractivity contribution in [3.63, 3.8) is 0 Å². The van der Waals surface area contributed by atoms with E-state index in [2.05, 4.69) is 15.9 Å². The lowest BCUT2D eigenvalue weighted by Gasteiger charge is -2.05. The maximum absolute atomic E-state index is 11.7. The molecule has 0 atom stereocenters. The Morgan fingerprint density at radius 1 is 1.06 bits per heavy atom. The van der Waals surface area contributed by atoms with Gasteiger partial charge in [-0.25, -0.2) is 4.79 Å². The van der Waals surface area contributed by atoms with Gasteiger partial charge in [-0.1, -0.05) is 52.3 Å². The molecule has 0 N–H and O–H groups in total. The molecule has 0 unspecified atom stereocenters. The first-order chi connectivity index (χ1) is 8.75. The van der Waals surface area contributed by atoms with E-state index in [-0.39, 0.29) is 5.97 Å². The highest BCUT2D eigenvalue weighted by molar-refractivity contribution is 9.10. The average molecular weight is 305 g/mol. The van der Waals surface area contributed by atoms with Crippen LogP contribution in [0.25, 0.3) is 0 Å². The molecule has 92 valence electrons. The quantitative estimate of drug-likeness (QED) is 0.802. The summed E-state index contributed by atoms with van der Waals surface area (Å²) in [7, 11) is 0. The average Bonchev–Trinajstić information content (AvgIpc) is 2.40. The third-order valence-electron chi connectivity index (χ3n) is 2.53. The van der Waals surface area contributed by atoms with Gasteiger partial charge in [-0.15, -0.1) is 0 Å². The minimum absolute atomic E-state index is 0.285. The van der Waals surface area contributed by atoms with E-state index in [0.29, 0.717) is 12.2 Å². The van der Waals surface area contributed by atoms with E-state index >= 15 is 0 Å². The fourth-order valence-corrected chi connectivity index (χ4v) is 2.00. The van der Waals surface area contributed by atoms with Crippen molar-refractivity contribution in [2.45, 2.75) is 6.42 Å². The molecule has 0 heterocycles. The SMILES string of the molecule is O=C(OCCc1ccccc1)c1cccc(Br)c1. The smallest absolute Gasteiger partial charge is 0.338 e. The van der Waals surface area contributed by atoms with Crippen molar-refractivity contribution in [2.75, 3.05) is 6.61 Å². The van der Waals surface area contributed by atoms with Crippen molar-refractivity contribution in [2.24, 2.45) is 0 Å². The van der Waals surface area contributed by atoms with E-state index in [9.17, 15) is 4.79 Å². The lowest BCUT2D eigenvalue weighted by atomic mass is 10.2. The van der Waals surface area contributed by atoms with Crippen molar-refractivity contribution in [1.29, 1.82) is 0 Å². The Hall–Kier alpha value is -1.61. The van der Waals surface area contributed by atoms with Gasteiger partial charge in [0.15, 0.2) is 0 Å². The molecule has 2 nitrogen and oxygen atoms in total. The van der Waals surface area contributed by atoms with Crippen LogP contribution in [0.4, 0.5) is 0 Å². The van der Waals surface area contributed by atoms with E-state index in [1.807, 2.05) is 42.5 Å². The van der Waals surface area contributed by atoms with Crippen LogP contribution in [0.3, 0.4) is 0 Å². The number of carbonyl (C=O) groups is 1. The molecular formula is C15H13BrO2. The highest BCUT2D eigenvalue weighted by atomic mass is 79.9. The molecule has 2 aromatic carbocycles. The summed E-state index contributed by atoms with van der Waals surface area (Å²) < 4.78 is 6.10. The fraction of sp³-hybridized carbons (Fsp3) is 0.133. The normalized spacial score (nSPS) is 10.1. The van der Waals surface area contributed by atoms with Crippen LogP contribution >= 0.6 is 15.9 Å². The summed E-state index contributed by atoms with van der Waals surface area (Å²) in [5.41, 5.74) is 1.73. The van der Waals surface area contributed by atoms with Crippen LogP contribution in [0.15, 0.2) is 59.1 Å². The predicted octanol–water partition coefficient (Wildman–Crippen LogP) is 3.85. The van der Waals surface area contributed by atoms with Crippen molar-refractivity contribution < 1.29 is 9.53 Å². The van der Waals surface area contributed by atoms with Gasteiger partial charge in [0.25, 0.3) is 0 Å². The number of halogens is 1. The second-order valence-electron chi connectivity index (χ2n) is 3.88. The zero-order valence-corrected chi connectivity index (χ0v) is 11.4. The van der Waals surface area contributed by atoms with Crippen molar-refractivity contribution in [3.05, 3.63) is 70.2 Å². The van der Waals surface area contributed by atoms with Crippen LogP contribution in [-0.4, -0.2) is 12.6 Å². The lowest BCUT2D eigenvalue weighted by molar-refractivity contribution is 0.0509. The first-order valence-electron chi connectivity index (χ1n) is 5.72. The Labute approximate surface area is 115 Å². The highest BCUT2D eigenvalue weighted by Gasteiger charge is 2.06. The van der Waals surface area contributed by atoms with Crippen molar-refractivity contribution >= 4 is 21.9 Å². The molecule has 0 amide bonds. The van der Waals surface area contributed by atoms with Gasteiger partial charge >= 0.3 is 5.97 Å². The van der Waals surface area contributed by atoms with E-state index in [1.165, 1.54) is 5.56 Å². The molecule has 18 heavy (non-hydrogen) atoms. The minimum atomic E-state index is -0.285. The summed E-state index contributed by atoms with van der Waals surface area (Å²) in [6, 6.07) is 17.2. The summed E-state index contributed by atoms with van der Waals surface area (Å²) in [6.07, 6.45) is 0.737. The van der Waals surface area contributed by atoms with Gasteiger partial charge in [-0.2, -0.15) is 0 Å². The molecule has 2 aromatic rings. The number of hydrogen-bond acceptors (Lipinski definition) is 2. The predicted molar refractivity (Wildman–Crippen MR) is 74.6 cm³/mol. The second kappa shape index (κ2) is 6.36. The molecule has 0 saturated heterocycles. The molecule has 3 heteroatoms. The first kappa shape index (κ1) is 12.8. The minimum Gasteiger partial charge on any atom is -0.462 e. The molecule has 0 aliphatic heterocycles. The summed E-state index contributed by atoms with van der Waals surface area (Å²) in [4.78, 5) is 11.7. The van der Waals surface area contributed by atoms with Crippen molar-refractivity contribution in [1.82, 2.24) is 0 Å². The number of benzene rings is 2. The fourth-order valence-electron chi connectivity index (χ4n) is 1.61. The Kier molecular flexibility index (Phi) is 4.53. The first-order valence-corrected chi connectivity index (χ1v) is 6.51. The molecule has 0 saturated carbocycles. The molecule has 0 radical (unpaired) electrons. The molecular weight excluding hydrogens is 292 g/mol. The summed E-state index contributed by atoms with van der Waals surface area (Å²) in [6.45, 7) is 0.398. The largest absolute Gasteiger partial charge is 0.462 e. The van der Waals surface area contributed by atoms with Gasteiger partial charge in [-0.3, -0.25) is 0 Å². The molecule has 0 spiro atoms. The van der Waals surface area contributed by atoms with Gasteiger partial charge in [0.05, 0.1) is 12.2 Å². The van der Waals surface area contributed by atoms with E-state index in [4.69, 9.17) is 4.74 Å². The summed E-state index contributed by atoms with van der Waals surface area (Å²) in [5.74, 6) is -0.285. The second-order valence-corrected chi connectivity index (χ2v) is 4.80. The number of carbonyl (C=O) groups excluding carboxylic acids is 1. The standard InChI is InChI=1S/C15H13BrO2/c16-14-8-4-7-13(11-14)15(17)18-10-9-12-5-2-1-3-6-12/h1-8,11H,9-10H2. The molecule has 0 fully saturated rings. The maximum Gasteiger partial charge on any atom is 0.338 e. The van der Waals surface area contributed by atoms with Crippen LogP contribution in [0.1, 0.15) is 15.9 Å². The highest BCUT2D eigenvalue weighted by Crippen LogP contribution is 2.12. The number of hydrogen-bond donors (Lipinski definition) is 0. The van der Waals surface area contributed by atoms with Crippen LogP contribution < -0.4 is 0 Å². The third kappa shape index (κ3) is 3.70. The molecule has 0 aromatic heterocycles. The van der Waals surface area contributed by atoms with Crippen molar-refractivity contribution in [3.8, 4) is 0 Å². The molecule has 2 rings (SSSR count). The van der Waals surface area contributed by atoms with Gasteiger partial charge in [0.2, 0.25) is 0 Å². The van der Waals surface area contributed by atoms with E-state index in [1.54, 1.807) is 12.1 Å². The molecule has 0 aliphatic carbocycles. The summed E-state index contributed by atoms with van der Waals surface area (Å²) >= 11 is 3.33. The van der Waals surface area contributed by atoms with Crippen LogP contribution in [-0.2, 0) is 11.2 Å². The Bertz CT molecular complexity index is 523. The molecule has 0 aliphatic rings. The monoisotopic (exact) mass is 304 g/mol. The maximum atomic E-state index is 11.7. The number of esters is 1. The number of ether oxygens (including phenoxy) is 1.